The molecule has 0 fully saturated rings. The average molecular weight is 352 g/mol. The van der Waals surface area contributed by atoms with Crippen LogP contribution >= 0.6 is 31.9 Å². The molecular formula is C11H12Br2O3. The predicted octanol–water partition coefficient (Wildman–Crippen LogP) is 3.15. The molecule has 88 valence electrons. The Balaban J connectivity index is 2.70. The highest BCUT2D eigenvalue weighted by Gasteiger charge is 2.30. The molecule has 0 unspecified atom stereocenters. The molecule has 5 heteroatoms. The Bertz CT molecular complexity index is 360. The van der Waals surface area contributed by atoms with Gasteiger partial charge in [-0.15, -0.1) is 0 Å². The average Bonchev–Trinajstić information content (AvgIpc) is 2.30. The zero-order chi connectivity index (χ0) is 12.2. The number of carbonyl (C=O) groups excluding carboxylic acids is 1. The second-order valence-corrected chi connectivity index (χ2v) is 5.71. The van der Waals surface area contributed by atoms with Crippen molar-refractivity contribution in [2.75, 3.05) is 12.4 Å². The largest absolute Gasteiger partial charge is 0.497 e. The Hall–Kier alpha value is -0.550. The molecular weight excluding hydrogens is 340 g/mol. The molecule has 0 amide bonds. The summed E-state index contributed by atoms with van der Waals surface area (Å²) in [6, 6.07) is 6.85. The van der Waals surface area contributed by atoms with Crippen LogP contribution in [0.5, 0.6) is 11.5 Å². The molecule has 0 radical (unpaired) electrons. The molecule has 0 bridgehead atoms. The summed E-state index contributed by atoms with van der Waals surface area (Å²) in [4.78, 5) is 11.7. The molecule has 0 aliphatic rings. The Labute approximate surface area is 111 Å². The molecule has 0 saturated carbocycles. The lowest BCUT2D eigenvalue weighted by Crippen LogP contribution is -2.34. The summed E-state index contributed by atoms with van der Waals surface area (Å²) < 4.78 is 9.49. The van der Waals surface area contributed by atoms with Crippen LogP contribution in [0.4, 0.5) is 0 Å². The van der Waals surface area contributed by atoms with Crippen LogP contribution in [0, 0.1) is 0 Å². The molecule has 0 spiro atoms. The van der Waals surface area contributed by atoms with Crippen molar-refractivity contribution in [1.82, 2.24) is 0 Å². The van der Waals surface area contributed by atoms with Crippen molar-refractivity contribution in [1.29, 1.82) is 0 Å². The van der Waals surface area contributed by atoms with E-state index in [2.05, 4.69) is 31.9 Å². The van der Waals surface area contributed by atoms with Crippen LogP contribution < -0.4 is 9.47 Å². The lowest BCUT2D eigenvalue weighted by atomic mass is 10.2. The summed E-state index contributed by atoms with van der Waals surface area (Å²) in [5, 5.41) is 0.481. The van der Waals surface area contributed by atoms with Crippen molar-refractivity contribution in [2.45, 2.75) is 11.2 Å². The Kier molecular flexibility index (Phi) is 4.80. The van der Waals surface area contributed by atoms with E-state index in [0.29, 0.717) is 11.1 Å². The van der Waals surface area contributed by atoms with Gasteiger partial charge in [0.15, 0.2) is 0 Å². The summed E-state index contributed by atoms with van der Waals surface area (Å²) in [6.45, 7) is 1.74. The second-order valence-electron chi connectivity index (χ2n) is 3.40. The van der Waals surface area contributed by atoms with Gasteiger partial charge >= 0.3 is 5.97 Å². The zero-order valence-electron chi connectivity index (χ0n) is 9.00. The van der Waals surface area contributed by atoms with Gasteiger partial charge in [-0.2, -0.15) is 0 Å². The monoisotopic (exact) mass is 350 g/mol. The Morgan fingerprint density at radius 2 is 1.81 bits per heavy atom. The number of benzene rings is 1. The molecule has 1 aromatic carbocycles. The van der Waals surface area contributed by atoms with E-state index in [-0.39, 0.29) is 5.97 Å². The highest BCUT2D eigenvalue weighted by atomic mass is 79.9. The van der Waals surface area contributed by atoms with E-state index in [4.69, 9.17) is 9.47 Å². The van der Waals surface area contributed by atoms with Gasteiger partial charge in [0.25, 0.3) is 0 Å². The van der Waals surface area contributed by atoms with E-state index in [0.717, 1.165) is 5.75 Å². The number of carbonyl (C=O) groups is 1. The van der Waals surface area contributed by atoms with Gasteiger partial charge in [0.1, 0.15) is 15.8 Å². The van der Waals surface area contributed by atoms with Crippen molar-refractivity contribution in [2.24, 2.45) is 0 Å². The molecule has 0 aliphatic carbocycles. The fourth-order valence-electron chi connectivity index (χ4n) is 0.912. The van der Waals surface area contributed by atoms with E-state index in [1.165, 1.54) is 0 Å². The van der Waals surface area contributed by atoms with E-state index in [1.54, 1.807) is 38.3 Å². The number of hydrogen-bond acceptors (Lipinski definition) is 3. The Morgan fingerprint density at radius 3 is 2.25 bits per heavy atom. The number of esters is 1. The van der Waals surface area contributed by atoms with Crippen LogP contribution in [0.1, 0.15) is 6.92 Å². The van der Waals surface area contributed by atoms with E-state index in [9.17, 15) is 4.79 Å². The van der Waals surface area contributed by atoms with Crippen LogP contribution in [0.3, 0.4) is 0 Å². The lowest BCUT2D eigenvalue weighted by molar-refractivity contribution is -0.135. The van der Waals surface area contributed by atoms with Crippen LogP contribution in [0.15, 0.2) is 24.3 Å². The third-order valence-electron chi connectivity index (χ3n) is 1.95. The van der Waals surface area contributed by atoms with Crippen LogP contribution in [-0.4, -0.2) is 22.7 Å². The molecule has 16 heavy (non-hydrogen) atoms. The first kappa shape index (κ1) is 13.5. The van der Waals surface area contributed by atoms with Gasteiger partial charge in [0.05, 0.1) is 7.11 Å². The molecule has 0 saturated heterocycles. The molecule has 1 atom stereocenters. The Morgan fingerprint density at radius 1 is 1.31 bits per heavy atom. The minimum absolute atomic E-state index is 0.338. The minimum atomic E-state index is -0.715. The fourth-order valence-corrected chi connectivity index (χ4v) is 1.22. The number of alkyl halides is 2. The maximum atomic E-state index is 11.7. The highest BCUT2D eigenvalue weighted by Crippen LogP contribution is 2.24. The molecule has 1 aromatic rings. The maximum Gasteiger partial charge on any atom is 0.328 e. The third kappa shape index (κ3) is 3.49. The first-order valence-electron chi connectivity index (χ1n) is 4.61. The molecule has 1 rings (SSSR count). The van der Waals surface area contributed by atoms with E-state index in [1.807, 2.05) is 0 Å². The van der Waals surface area contributed by atoms with Crippen molar-refractivity contribution in [3.05, 3.63) is 24.3 Å². The normalized spacial score (nSPS) is 14.0. The molecule has 0 N–H and O–H groups in total. The summed E-state index contributed by atoms with van der Waals surface area (Å²) in [5.74, 6) is 0.883. The summed E-state index contributed by atoms with van der Waals surface area (Å²) in [7, 11) is 1.58. The van der Waals surface area contributed by atoms with Crippen LogP contribution in [0.2, 0.25) is 0 Å². The van der Waals surface area contributed by atoms with Gasteiger partial charge in [0.2, 0.25) is 0 Å². The van der Waals surface area contributed by atoms with Gasteiger partial charge in [-0.3, -0.25) is 4.79 Å². The third-order valence-corrected chi connectivity index (χ3v) is 4.42. The van der Waals surface area contributed by atoms with Gasteiger partial charge < -0.3 is 9.47 Å². The van der Waals surface area contributed by atoms with Gasteiger partial charge in [0, 0.05) is 5.33 Å². The number of rotatable bonds is 4. The highest BCUT2D eigenvalue weighted by molar-refractivity contribution is 9.12. The zero-order valence-corrected chi connectivity index (χ0v) is 12.2. The van der Waals surface area contributed by atoms with E-state index >= 15 is 0 Å². The van der Waals surface area contributed by atoms with Crippen molar-refractivity contribution >= 4 is 37.8 Å². The molecule has 0 aromatic heterocycles. The quantitative estimate of drug-likeness (QED) is 0.475. The van der Waals surface area contributed by atoms with Gasteiger partial charge in [-0.05, 0) is 31.2 Å². The van der Waals surface area contributed by atoms with Crippen LogP contribution in [0.25, 0.3) is 0 Å². The number of halogens is 2. The fraction of sp³-hybridized carbons (Fsp3) is 0.364. The van der Waals surface area contributed by atoms with Gasteiger partial charge in [-0.1, -0.05) is 31.9 Å². The first-order chi connectivity index (χ1) is 7.49. The van der Waals surface area contributed by atoms with E-state index < -0.39 is 4.32 Å². The number of hydrogen-bond donors (Lipinski definition) is 0. The predicted molar refractivity (Wildman–Crippen MR) is 69.8 cm³/mol. The van der Waals surface area contributed by atoms with Crippen molar-refractivity contribution in [3.8, 4) is 11.5 Å². The molecule has 3 nitrogen and oxygen atoms in total. The summed E-state index contributed by atoms with van der Waals surface area (Å²) >= 11 is 6.53. The van der Waals surface area contributed by atoms with Crippen LogP contribution in [-0.2, 0) is 4.79 Å². The first-order valence-corrected chi connectivity index (χ1v) is 6.52. The standard InChI is InChI=1S/C11H12Br2O3/c1-11(13,7-12)10(14)16-9-5-3-8(15-2)4-6-9/h3-6H,7H2,1-2H3/t11-/m0/s1. The summed E-state index contributed by atoms with van der Waals surface area (Å²) in [5.41, 5.74) is 0. The minimum Gasteiger partial charge on any atom is -0.497 e. The SMILES string of the molecule is COc1ccc(OC(=O)[C@@](C)(Br)CBr)cc1. The van der Waals surface area contributed by atoms with Crippen molar-refractivity contribution in [3.63, 3.8) is 0 Å². The van der Waals surface area contributed by atoms with Gasteiger partial charge in [-0.25, -0.2) is 0 Å². The lowest BCUT2D eigenvalue weighted by Gasteiger charge is -2.17. The molecule has 0 heterocycles. The van der Waals surface area contributed by atoms with Crippen molar-refractivity contribution < 1.29 is 14.3 Å². The topological polar surface area (TPSA) is 35.5 Å². The number of ether oxygens (including phenoxy) is 2. The maximum absolute atomic E-state index is 11.7. The molecule has 0 aliphatic heterocycles. The summed E-state index contributed by atoms with van der Waals surface area (Å²) in [6.07, 6.45) is 0. The number of methoxy groups -OCH3 is 1. The smallest absolute Gasteiger partial charge is 0.328 e. The second kappa shape index (κ2) is 5.68.